The lowest BCUT2D eigenvalue weighted by molar-refractivity contribution is -0.117. The van der Waals surface area contributed by atoms with Crippen molar-refractivity contribution >= 4 is 39.1 Å². The van der Waals surface area contributed by atoms with Crippen LogP contribution in [0, 0.1) is 0 Å². The molecular formula is C23H18Cl2N4O3S. The summed E-state index contributed by atoms with van der Waals surface area (Å²) in [7, 11) is -3.85. The summed E-state index contributed by atoms with van der Waals surface area (Å²) in [6.07, 6.45) is -0.0643. The standard InChI is InChI=1S/C23H18Cl2N4O3S/c24-16-5-1-14(2-6-16)22-20(13-21(26)30)23(15-3-7-17(25)8-4-15)29(28-22)18-9-11-19(12-10-18)33(27,31)32/h1-12H,13H2,(H2,26,30)(H2,27,31,32). The Balaban J connectivity index is 2.00. The van der Waals surface area contributed by atoms with E-state index in [1.54, 1.807) is 53.2 Å². The van der Waals surface area contributed by atoms with Gasteiger partial charge in [-0.15, -0.1) is 0 Å². The second kappa shape index (κ2) is 8.99. The fourth-order valence-electron chi connectivity index (χ4n) is 3.50. The largest absolute Gasteiger partial charge is 0.369 e. The van der Waals surface area contributed by atoms with Crippen LogP contribution in [-0.2, 0) is 21.2 Å². The maximum Gasteiger partial charge on any atom is 0.238 e. The summed E-state index contributed by atoms with van der Waals surface area (Å²) in [6, 6.07) is 20.1. The normalized spacial score (nSPS) is 11.5. The zero-order valence-corrected chi connectivity index (χ0v) is 19.4. The van der Waals surface area contributed by atoms with Gasteiger partial charge in [0.1, 0.15) is 0 Å². The number of carbonyl (C=O) groups is 1. The number of halogens is 2. The molecule has 0 bridgehead atoms. The maximum absolute atomic E-state index is 12.0. The van der Waals surface area contributed by atoms with Crippen LogP contribution in [0.5, 0.6) is 0 Å². The molecule has 7 nitrogen and oxygen atoms in total. The van der Waals surface area contributed by atoms with Crippen molar-refractivity contribution in [3.8, 4) is 28.2 Å². The number of rotatable bonds is 6. The minimum absolute atomic E-state index is 0.0262. The quantitative estimate of drug-likeness (QED) is 0.412. The zero-order chi connectivity index (χ0) is 23.8. The monoisotopic (exact) mass is 500 g/mol. The Morgan fingerprint density at radius 1 is 0.848 bits per heavy atom. The lowest BCUT2D eigenvalue weighted by Gasteiger charge is -2.11. The van der Waals surface area contributed by atoms with Crippen molar-refractivity contribution in [2.24, 2.45) is 10.9 Å². The summed E-state index contributed by atoms with van der Waals surface area (Å²) >= 11 is 12.1. The lowest BCUT2D eigenvalue weighted by atomic mass is 9.99. The molecule has 1 aromatic heterocycles. The van der Waals surface area contributed by atoms with E-state index in [1.807, 2.05) is 12.1 Å². The van der Waals surface area contributed by atoms with E-state index in [0.29, 0.717) is 32.7 Å². The van der Waals surface area contributed by atoms with Gasteiger partial charge in [0.25, 0.3) is 0 Å². The molecule has 0 saturated heterocycles. The van der Waals surface area contributed by atoms with E-state index >= 15 is 0 Å². The summed E-state index contributed by atoms with van der Waals surface area (Å²) in [5.74, 6) is -0.524. The Bertz CT molecular complexity index is 1430. The predicted octanol–water partition coefficient (Wildman–Crippen LogP) is 4.19. The van der Waals surface area contributed by atoms with Crippen LogP contribution in [0.4, 0.5) is 0 Å². The van der Waals surface area contributed by atoms with Crippen LogP contribution in [0.1, 0.15) is 5.56 Å². The van der Waals surface area contributed by atoms with Crippen molar-refractivity contribution < 1.29 is 13.2 Å². The number of aromatic nitrogens is 2. The molecule has 0 radical (unpaired) electrons. The van der Waals surface area contributed by atoms with Gasteiger partial charge in [0.05, 0.1) is 28.4 Å². The molecule has 4 N–H and O–H groups in total. The second-order valence-corrected chi connectivity index (χ2v) is 9.72. The molecule has 0 spiro atoms. The average molecular weight is 501 g/mol. The fraction of sp³-hybridized carbons (Fsp3) is 0.0435. The molecule has 0 aliphatic heterocycles. The van der Waals surface area contributed by atoms with E-state index in [1.165, 1.54) is 12.1 Å². The average Bonchev–Trinajstić information content (AvgIpc) is 3.13. The van der Waals surface area contributed by atoms with Gasteiger partial charge in [-0.05, 0) is 48.5 Å². The highest BCUT2D eigenvalue weighted by molar-refractivity contribution is 7.89. The number of amides is 1. The van der Waals surface area contributed by atoms with Crippen LogP contribution < -0.4 is 10.9 Å². The number of nitrogens with two attached hydrogens (primary N) is 2. The number of benzene rings is 3. The van der Waals surface area contributed by atoms with E-state index < -0.39 is 15.9 Å². The first-order valence-electron chi connectivity index (χ1n) is 9.69. The SMILES string of the molecule is NC(=O)Cc1c(-c2ccc(Cl)cc2)nn(-c2ccc(S(N)(=O)=O)cc2)c1-c1ccc(Cl)cc1. The van der Waals surface area contributed by atoms with Gasteiger partial charge in [-0.2, -0.15) is 5.10 Å². The number of primary amides is 1. The molecule has 10 heteroatoms. The van der Waals surface area contributed by atoms with Gasteiger partial charge < -0.3 is 5.73 Å². The van der Waals surface area contributed by atoms with E-state index in [4.69, 9.17) is 39.2 Å². The van der Waals surface area contributed by atoms with E-state index in [9.17, 15) is 13.2 Å². The van der Waals surface area contributed by atoms with Gasteiger partial charge in [-0.3, -0.25) is 4.79 Å². The fourth-order valence-corrected chi connectivity index (χ4v) is 4.27. The maximum atomic E-state index is 12.0. The molecular weight excluding hydrogens is 483 g/mol. The van der Waals surface area contributed by atoms with Crippen molar-refractivity contribution in [2.75, 3.05) is 0 Å². The molecule has 1 heterocycles. The zero-order valence-electron chi connectivity index (χ0n) is 17.1. The lowest BCUT2D eigenvalue weighted by Crippen LogP contribution is -2.14. The van der Waals surface area contributed by atoms with Crippen molar-refractivity contribution in [3.05, 3.63) is 88.4 Å². The highest BCUT2D eigenvalue weighted by atomic mass is 35.5. The summed E-state index contributed by atoms with van der Waals surface area (Å²) < 4.78 is 25.0. The highest BCUT2D eigenvalue weighted by Crippen LogP contribution is 2.35. The third-order valence-corrected chi connectivity index (χ3v) is 6.41. The van der Waals surface area contributed by atoms with Gasteiger partial charge in [0, 0.05) is 26.7 Å². The summed E-state index contributed by atoms with van der Waals surface area (Å²) in [5, 5.41) is 11.1. The smallest absolute Gasteiger partial charge is 0.238 e. The molecule has 0 unspecified atom stereocenters. The molecule has 0 atom stereocenters. The summed E-state index contributed by atoms with van der Waals surface area (Å²) in [6.45, 7) is 0. The number of carbonyl (C=O) groups excluding carboxylic acids is 1. The van der Waals surface area contributed by atoms with Crippen molar-refractivity contribution in [3.63, 3.8) is 0 Å². The molecule has 0 aliphatic carbocycles. The number of nitrogens with zero attached hydrogens (tertiary/aromatic N) is 2. The number of hydrogen-bond donors (Lipinski definition) is 2. The van der Waals surface area contributed by atoms with Crippen LogP contribution in [0.2, 0.25) is 10.0 Å². The van der Waals surface area contributed by atoms with Gasteiger partial charge in [-0.25, -0.2) is 18.2 Å². The van der Waals surface area contributed by atoms with Gasteiger partial charge in [0.2, 0.25) is 15.9 Å². The molecule has 3 aromatic carbocycles. The minimum Gasteiger partial charge on any atom is -0.369 e. The predicted molar refractivity (Wildman–Crippen MR) is 129 cm³/mol. The summed E-state index contributed by atoms with van der Waals surface area (Å²) in [4.78, 5) is 12.0. The molecule has 0 aliphatic rings. The first-order valence-corrected chi connectivity index (χ1v) is 12.0. The minimum atomic E-state index is -3.85. The van der Waals surface area contributed by atoms with Crippen molar-refractivity contribution in [1.29, 1.82) is 0 Å². The Hall–Kier alpha value is -3.17. The topological polar surface area (TPSA) is 121 Å². The first kappa shape index (κ1) is 23.0. The van der Waals surface area contributed by atoms with Crippen LogP contribution in [0.25, 0.3) is 28.2 Å². The molecule has 1 amide bonds. The van der Waals surface area contributed by atoms with Crippen LogP contribution in [0.15, 0.2) is 77.7 Å². The third kappa shape index (κ3) is 4.94. The molecule has 4 aromatic rings. The highest BCUT2D eigenvalue weighted by Gasteiger charge is 2.23. The molecule has 33 heavy (non-hydrogen) atoms. The van der Waals surface area contributed by atoms with Crippen molar-refractivity contribution in [1.82, 2.24) is 9.78 Å². The van der Waals surface area contributed by atoms with E-state index in [-0.39, 0.29) is 11.3 Å². The Morgan fingerprint density at radius 2 is 1.36 bits per heavy atom. The Labute approximate surface area is 200 Å². The molecule has 168 valence electrons. The van der Waals surface area contributed by atoms with Crippen LogP contribution in [0.3, 0.4) is 0 Å². The van der Waals surface area contributed by atoms with Crippen LogP contribution >= 0.6 is 23.2 Å². The van der Waals surface area contributed by atoms with Gasteiger partial charge >= 0.3 is 0 Å². The molecule has 0 fully saturated rings. The third-order valence-electron chi connectivity index (χ3n) is 4.98. The number of sulfonamides is 1. The second-order valence-electron chi connectivity index (χ2n) is 7.28. The van der Waals surface area contributed by atoms with Gasteiger partial charge in [-0.1, -0.05) is 47.5 Å². The van der Waals surface area contributed by atoms with E-state index in [0.717, 1.165) is 11.1 Å². The molecule has 0 saturated carbocycles. The van der Waals surface area contributed by atoms with Gasteiger partial charge in [0.15, 0.2) is 0 Å². The van der Waals surface area contributed by atoms with Crippen molar-refractivity contribution in [2.45, 2.75) is 11.3 Å². The Kier molecular flexibility index (Phi) is 6.27. The number of primary sulfonamides is 1. The first-order chi connectivity index (χ1) is 15.6. The molecule has 4 rings (SSSR count). The van der Waals surface area contributed by atoms with E-state index in [2.05, 4.69) is 0 Å². The number of hydrogen-bond acceptors (Lipinski definition) is 4. The Morgan fingerprint density at radius 3 is 1.85 bits per heavy atom. The van der Waals surface area contributed by atoms with Crippen LogP contribution in [-0.4, -0.2) is 24.1 Å². The summed E-state index contributed by atoms with van der Waals surface area (Å²) in [5.41, 5.74) is 9.43.